The second-order valence-electron chi connectivity index (χ2n) is 2.43. The Labute approximate surface area is 66.8 Å². The van der Waals surface area contributed by atoms with Crippen LogP contribution in [-0.4, -0.2) is 24.2 Å². The van der Waals surface area contributed by atoms with Crippen molar-refractivity contribution in [3.05, 3.63) is 12.7 Å². The highest BCUT2D eigenvalue weighted by molar-refractivity contribution is 8.00. The Hall–Kier alpha value is 0.0500. The molecule has 1 aliphatic heterocycles. The third kappa shape index (κ3) is 2.76. The van der Waals surface area contributed by atoms with Crippen LogP contribution in [0.1, 0.15) is 12.8 Å². The average molecular weight is 158 g/mol. The summed E-state index contributed by atoms with van der Waals surface area (Å²) in [5.41, 5.74) is 0. The van der Waals surface area contributed by atoms with Gasteiger partial charge in [-0.2, -0.15) is 11.8 Å². The van der Waals surface area contributed by atoms with E-state index < -0.39 is 0 Å². The first-order chi connectivity index (χ1) is 4.93. The standard InChI is InChI=1S/C8H14OS/c1-2-7-10-8-3-5-9-6-4-8/h2,8H,1,3-7H2. The van der Waals surface area contributed by atoms with E-state index in [1.807, 2.05) is 17.8 Å². The van der Waals surface area contributed by atoms with Crippen molar-refractivity contribution in [2.24, 2.45) is 0 Å². The zero-order chi connectivity index (χ0) is 7.23. The Bertz CT molecular complexity index is 97.4. The minimum atomic E-state index is 0.826. The van der Waals surface area contributed by atoms with E-state index in [1.165, 1.54) is 12.8 Å². The van der Waals surface area contributed by atoms with Crippen molar-refractivity contribution in [2.75, 3.05) is 19.0 Å². The smallest absolute Gasteiger partial charge is 0.0476 e. The summed E-state index contributed by atoms with van der Waals surface area (Å²) in [6.07, 6.45) is 4.41. The highest BCUT2D eigenvalue weighted by Crippen LogP contribution is 2.21. The summed E-state index contributed by atoms with van der Waals surface area (Å²) < 4.78 is 5.24. The largest absolute Gasteiger partial charge is 0.381 e. The molecule has 0 radical (unpaired) electrons. The van der Waals surface area contributed by atoms with E-state index in [2.05, 4.69) is 6.58 Å². The van der Waals surface area contributed by atoms with Crippen molar-refractivity contribution in [2.45, 2.75) is 18.1 Å². The van der Waals surface area contributed by atoms with Crippen molar-refractivity contribution >= 4 is 11.8 Å². The Morgan fingerprint density at radius 3 is 2.80 bits per heavy atom. The molecule has 0 spiro atoms. The summed E-state index contributed by atoms with van der Waals surface area (Å²) in [6.45, 7) is 5.60. The average Bonchev–Trinajstić information content (AvgIpc) is 2.03. The summed E-state index contributed by atoms with van der Waals surface area (Å²) in [6, 6.07) is 0. The predicted octanol–water partition coefficient (Wildman–Crippen LogP) is 2.08. The van der Waals surface area contributed by atoms with Gasteiger partial charge in [-0.15, -0.1) is 6.58 Å². The molecular formula is C8H14OS. The Kier molecular flexibility index (Phi) is 3.91. The lowest BCUT2D eigenvalue weighted by Crippen LogP contribution is -2.17. The van der Waals surface area contributed by atoms with Gasteiger partial charge in [0.1, 0.15) is 0 Å². The molecule has 0 bridgehead atoms. The molecule has 0 unspecified atom stereocenters. The van der Waals surface area contributed by atoms with Crippen LogP contribution in [0, 0.1) is 0 Å². The molecular weight excluding hydrogens is 144 g/mol. The van der Waals surface area contributed by atoms with E-state index in [-0.39, 0.29) is 0 Å². The van der Waals surface area contributed by atoms with Crippen LogP contribution in [0.15, 0.2) is 12.7 Å². The van der Waals surface area contributed by atoms with Gasteiger partial charge in [0.15, 0.2) is 0 Å². The number of ether oxygens (including phenoxy) is 1. The first kappa shape index (κ1) is 8.15. The molecule has 1 saturated heterocycles. The molecule has 0 atom stereocenters. The first-order valence-corrected chi connectivity index (χ1v) is 4.78. The number of rotatable bonds is 3. The van der Waals surface area contributed by atoms with Crippen LogP contribution in [0.5, 0.6) is 0 Å². The molecule has 0 aromatic heterocycles. The van der Waals surface area contributed by atoms with Gasteiger partial charge in [-0.05, 0) is 12.8 Å². The molecule has 1 heterocycles. The van der Waals surface area contributed by atoms with Crippen LogP contribution in [0.2, 0.25) is 0 Å². The number of hydrogen-bond donors (Lipinski definition) is 0. The van der Waals surface area contributed by atoms with Gasteiger partial charge in [0.25, 0.3) is 0 Å². The normalized spacial score (nSPS) is 20.8. The summed E-state index contributed by atoms with van der Waals surface area (Å²) in [4.78, 5) is 0. The van der Waals surface area contributed by atoms with Crippen molar-refractivity contribution in [3.8, 4) is 0 Å². The monoisotopic (exact) mass is 158 g/mol. The summed E-state index contributed by atoms with van der Waals surface area (Å²) in [7, 11) is 0. The zero-order valence-electron chi connectivity index (χ0n) is 6.21. The molecule has 1 fully saturated rings. The topological polar surface area (TPSA) is 9.23 Å². The maximum atomic E-state index is 5.24. The minimum absolute atomic E-state index is 0.826. The fraction of sp³-hybridized carbons (Fsp3) is 0.750. The molecule has 58 valence electrons. The van der Waals surface area contributed by atoms with Crippen LogP contribution < -0.4 is 0 Å². The number of thioether (sulfide) groups is 1. The Morgan fingerprint density at radius 1 is 1.50 bits per heavy atom. The third-order valence-electron chi connectivity index (χ3n) is 1.62. The maximum Gasteiger partial charge on any atom is 0.0476 e. The van der Waals surface area contributed by atoms with Crippen LogP contribution >= 0.6 is 11.8 Å². The lowest BCUT2D eigenvalue weighted by molar-refractivity contribution is 0.100. The van der Waals surface area contributed by atoms with Gasteiger partial charge in [-0.1, -0.05) is 6.08 Å². The van der Waals surface area contributed by atoms with Gasteiger partial charge < -0.3 is 4.74 Å². The fourth-order valence-corrected chi connectivity index (χ4v) is 1.98. The highest BCUT2D eigenvalue weighted by atomic mass is 32.2. The van der Waals surface area contributed by atoms with Gasteiger partial charge in [0.05, 0.1) is 0 Å². The molecule has 0 amide bonds. The second-order valence-corrected chi connectivity index (χ2v) is 3.77. The van der Waals surface area contributed by atoms with Gasteiger partial charge in [0.2, 0.25) is 0 Å². The molecule has 0 N–H and O–H groups in total. The van der Waals surface area contributed by atoms with E-state index in [0.29, 0.717) is 0 Å². The first-order valence-electron chi connectivity index (χ1n) is 3.73. The van der Waals surface area contributed by atoms with Gasteiger partial charge in [-0.25, -0.2) is 0 Å². The molecule has 0 aromatic carbocycles. The Balaban J connectivity index is 2.07. The van der Waals surface area contributed by atoms with Crippen LogP contribution in [0.4, 0.5) is 0 Å². The molecule has 1 nitrogen and oxygen atoms in total. The highest BCUT2D eigenvalue weighted by Gasteiger charge is 2.12. The lowest BCUT2D eigenvalue weighted by Gasteiger charge is -2.20. The van der Waals surface area contributed by atoms with Crippen molar-refractivity contribution < 1.29 is 4.74 Å². The van der Waals surface area contributed by atoms with Gasteiger partial charge in [-0.3, -0.25) is 0 Å². The molecule has 1 rings (SSSR count). The SMILES string of the molecule is C=CCSC1CCOCC1. The quantitative estimate of drug-likeness (QED) is 0.582. The Morgan fingerprint density at radius 2 is 2.20 bits per heavy atom. The van der Waals surface area contributed by atoms with E-state index in [9.17, 15) is 0 Å². The zero-order valence-corrected chi connectivity index (χ0v) is 7.03. The minimum Gasteiger partial charge on any atom is -0.381 e. The van der Waals surface area contributed by atoms with Gasteiger partial charge >= 0.3 is 0 Å². The summed E-state index contributed by atoms with van der Waals surface area (Å²) in [5.74, 6) is 1.09. The molecule has 2 heteroatoms. The molecule has 0 aromatic rings. The third-order valence-corrected chi connectivity index (χ3v) is 2.99. The van der Waals surface area contributed by atoms with Crippen molar-refractivity contribution in [1.29, 1.82) is 0 Å². The van der Waals surface area contributed by atoms with Crippen LogP contribution in [0.3, 0.4) is 0 Å². The second kappa shape index (κ2) is 4.80. The molecule has 10 heavy (non-hydrogen) atoms. The molecule has 1 aliphatic rings. The van der Waals surface area contributed by atoms with Crippen molar-refractivity contribution in [1.82, 2.24) is 0 Å². The lowest BCUT2D eigenvalue weighted by atomic mass is 10.2. The molecule has 0 saturated carbocycles. The predicted molar refractivity (Wildman–Crippen MR) is 46.5 cm³/mol. The summed E-state index contributed by atoms with van der Waals surface area (Å²) >= 11 is 2.00. The van der Waals surface area contributed by atoms with Crippen molar-refractivity contribution in [3.63, 3.8) is 0 Å². The molecule has 0 aliphatic carbocycles. The number of hydrogen-bond acceptors (Lipinski definition) is 2. The van der Waals surface area contributed by atoms with E-state index in [4.69, 9.17) is 4.74 Å². The fourth-order valence-electron chi connectivity index (χ4n) is 1.05. The van der Waals surface area contributed by atoms with Crippen LogP contribution in [0.25, 0.3) is 0 Å². The van der Waals surface area contributed by atoms with Crippen LogP contribution in [-0.2, 0) is 4.74 Å². The summed E-state index contributed by atoms with van der Waals surface area (Å²) in [5, 5.41) is 0.826. The van der Waals surface area contributed by atoms with E-state index in [0.717, 1.165) is 24.2 Å². The van der Waals surface area contributed by atoms with E-state index >= 15 is 0 Å². The maximum absolute atomic E-state index is 5.24. The van der Waals surface area contributed by atoms with E-state index in [1.54, 1.807) is 0 Å². The van der Waals surface area contributed by atoms with Gasteiger partial charge in [0, 0.05) is 24.2 Å².